The Morgan fingerprint density at radius 3 is 2.66 bits per heavy atom. The number of hydrogen-bond acceptors (Lipinski definition) is 5. The van der Waals surface area contributed by atoms with Crippen LogP contribution in [0, 0.1) is 29.0 Å². The van der Waals surface area contributed by atoms with Gasteiger partial charge in [-0.1, -0.05) is 24.6 Å². The number of nitriles is 1. The topological polar surface area (TPSA) is 102 Å². The van der Waals surface area contributed by atoms with Crippen LogP contribution in [0.1, 0.15) is 36.8 Å². The molecule has 9 heteroatoms. The van der Waals surface area contributed by atoms with Crippen molar-refractivity contribution < 1.29 is 9.18 Å². The van der Waals surface area contributed by atoms with E-state index in [2.05, 4.69) is 22.2 Å². The molecule has 1 aromatic carbocycles. The van der Waals surface area contributed by atoms with E-state index in [1.807, 2.05) is 11.0 Å². The van der Waals surface area contributed by atoms with Crippen molar-refractivity contribution in [3.8, 4) is 6.07 Å². The van der Waals surface area contributed by atoms with Gasteiger partial charge in [-0.25, -0.2) is 4.39 Å². The van der Waals surface area contributed by atoms with Gasteiger partial charge in [0, 0.05) is 29.6 Å². The van der Waals surface area contributed by atoms with Crippen LogP contribution in [-0.2, 0) is 4.79 Å². The molecule has 0 bridgehead atoms. The van der Waals surface area contributed by atoms with Gasteiger partial charge < -0.3 is 10.2 Å². The highest BCUT2D eigenvalue weighted by atomic mass is 35.5. The van der Waals surface area contributed by atoms with E-state index in [0.717, 1.165) is 25.9 Å². The van der Waals surface area contributed by atoms with E-state index in [1.165, 1.54) is 18.2 Å². The standard InChI is InChI=1S/C20H19ClFN5O2/c1-10-5-7-27(8-6-10)20-25-17-16(19(29)26-20)14(11(9-23)18(28)24-17)15-12(21)3-2-4-13(15)22/h2-4,10-11,14H,5-8H2,1H3,(H2,24,25,26,28,29). The third-order valence-electron chi connectivity index (χ3n) is 5.64. The van der Waals surface area contributed by atoms with Crippen LogP contribution in [0.15, 0.2) is 23.0 Å². The number of hydrogen-bond donors (Lipinski definition) is 2. The first-order valence-corrected chi connectivity index (χ1v) is 9.82. The summed E-state index contributed by atoms with van der Waals surface area (Å²) in [4.78, 5) is 34.7. The second-order valence-corrected chi connectivity index (χ2v) is 7.94. The van der Waals surface area contributed by atoms with E-state index in [0.29, 0.717) is 11.9 Å². The summed E-state index contributed by atoms with van der Waals surface area (Å²) in [6, 6.07) is 5.96. The molecule has 0 radical (unpaired) electrons. The van der Waals surface area contributed by atoms with Gasteiger partial charge in [0.15, 0.2) is 0 Å². The molecule has 0 spiro atoms. The number of fused-ring (bicyclic) bond motifs is 1. The Hall–Kier alpha value is -2.92. The maximum atomic E-state index is 14.6. The predicted octanol–water partition coefficient (Wildman–Crippen LogP) is 3.02. The number of nitrogens with one attached hydrogen (secondary N) is 2. The zero-order chi connectivity index (χ0) is 20.7. The zero-order valence-corrected chi connectivity index (χ0v) is 16.5. The summed E-state index contributed by atoms with van der Waals surface area (Å²) >= 11 is 6.20. The SMILES string of the molecule is CC1CCN(c2nc3c(c(=O)[nH]2)C(c2c(F)cccc2Cl)C(C#N)C(=O)N3)CC1. The molecule has 4 rings (SSSR count). The van der Waals surface area contributed by atoms with Crippen molar-refractivity contribution in [3.63, 3.8) is 0 Å². The zero-order valence-electron chi connectivity index (χ0n) is 15.7. The quantitative estimate of drug-likeness (QED) is 0.784. The lowest BCUT2D eigenvalue weighted by atomic mass is 9.79. The van der Waals surface area contributed by atoms with Crippen molar-refractivity contribution >= 4 is 29.3 Å². The van der Waals surface area contributed by atoms with Crippen LogP contribution in [-0.4, -0.2) is 29.0 Å². The third kappa shape index (κ3) is 3.36. The lowest BCUT2D eigenvalue weighted by Crippen LogP contribution is -2.41. The summed E-state index contributed by atoms with van der Waals surface area (Å²) in [7, 11) is 0. The summed E-state index contributed by atoms with van der Waals surface area (Å²) in [6.45, 7) is 3.64. The minimum absolute atomic E-state index is 0.0391. The Morgan fingerprint density at radius 1 is 1.28 bits per heavy atom. The van der Waals surface area contributed by atoms with E-state index in [9.17, 15) is 19.2 Å². The molecular weight excluding hydrogens is 397 g/mol. The molecule has 150 valence electrons. The van der Waals surface area contributed by atoms with Gasteiger partial charge in [0.25, 0.3) is 5.56 Å². The number of carbonyl (C=O) groups excluding carboxylic acids is 1. The number of halogens is 2. The van der Waals surface area contributed by atoms with Gasteiger partial charge in [-0.05, 0) is 30.9 Å². The highest BCUT2D eigenvalue weighted by Crippen LogP contribution is 2.42. The van der Waals surface area contributed by atoms with E-state index in [4.69, 9.17) is 11.6 Å². The lowest BCUT2D eigenvalue weighted by molar-refractivity contribution is -0.119. The molecule has 1 fully saturated rings. The van der Waals surface area contributed by atoms with Gasteiger partial charge in [-0.3, -0.25) is 14.6 Å². The summed E-state index contributed by atoms with van der Waals surface area (Å²) in [5, 5.41) is 12.1. The van der Waals surface area contributed by atoms with Crippen molar-refractivity contribution in [3.05, 3.63) is 50.5 Å². The number of anilines is 2. The first kappa shape index (κ1) is 19.4. The van der Waals surface area contributed by atoms with Crippen molar-refractivity contribution in [2.24, 2.45) is 11.8 Å². The molecule has 29 heavy (non-hydrogen) atoms. The minimum atomic E-state index is -1.30. The summed E-state index contributed by atoms with van der Waals surface area (Å²) in [5.74, 6) is -2.78. The first-order valence-electron chi connectivity index (χ1n) is 9.44. The Bertz CT molecular complexity index is 1050. The van der Waals surface area contributed by atoms with Gasteiger partial charge in [-0.2, -0.15) is 10.2 Å². The van der Waals surface area contributed by atoms with E-state index >= 15 is 0 Å². The molecule has 3 heterocycles. The molecule has 2 unspecified atom stereocenters. The average Bonchev–Trinajstić information content (AvgIpc) is 2.68. The average molecular weight is 416 g/mol. The van der Waals surface area contributed by atoms with Crippen LogP contribution < -0.4 is 15.8 Å². The fraction of sp³-hybridized carbons (Fsp3) is 0.400. The Labute approximate surface area is 171 Å². The maximum absolute atomic E-state index is 14.6. The number of H-pyrrole nitrogens is 1. The van der Waals surface area contributed by atoms with Crippen LogP contribution in [0.2, 0.25) is 5.02 Å². The van der Waals surface area contributed by atoms with Crippen LogP contribution >= 0.6 is 11.6 Å². The Balaban J connectivity index is 1.86. The second-order valence-electron chi connectivity index (χ2n) is 7.53. The molecule has 1 aromatic heterocycles. The smallest absolute Gasteiger partial charge is 0.258 e. The molecule has 7 nitrogen and oxygen atoms in total. The largest absolute Gasteiger partial charge is 0.342 e. The second kappa shape index (κ2) is 7.48. The lowest BCUT2D eigenvalue weighted by Gasteiger charge is -2.33. The number of amides is 1. The number of carbonyl (C=O) groups is 1. The number of rotatable bonds is 2. The molecule has 2 aromatic rings. The van der Waals surface area contributed by atoms with E-state index in [1.54, 1.807) is 0 Å². The van der Waals surface area contributed by atoms with Gasteiger partial charge in [0.05, 0.1) is 11.6 Å². The molecule has 0 saturated carbocycles. The molecule has 1 saturated heterocycles. The molecular formula is C20H19ClFN5O2. The fourth-order valence-corrected chi connectivity index (χ4v) is 4.27. The van der Waals surface area contributed by atoms with Crippen LogP contribution in [0.4, 0.5) is 16.2 Å². The molecule has 2 atom stereocenters. The van der Waals surface area contributed by atoms with Crippen molar-refractivity contribution in [1.29, 1.82) is 5.26 Å². The third-order valence-corrected chi connectivity index (χ3v) is 5.97. The van der Waals surface area contributed by atoms with E-state index < -0.39 is 29.1 Å². The van der Waals surface area contributed by atoms with Gasteiger partial charge in [-0.15, -0.1) is 0 Å². The summed E-state index contributed by atoms with van der Waals surface area (Å²) in [6.07, 6.45) is 1.94. The fourth-order valence-electron chi connectivity index (χ4n) is 3.99. The van der Waals surface area contributed by atoms with Crippen molar-refractivity contribution in [2.75, 3.05) is 23.3 Å². The summed E-state index contributed by atoms with van der Waals surface area (Å²) in [5.41, 5.74) is -0.533. The summed E-state index contributed by atoms with van der Waals surface area (Å²) < 4.78 is 14.6. The maximum Gasteiger partial charge on any atom is 0.258 e. The van der Waals surface area contributed by atoms with Crippen LogP contribution in [0.5, 0.6) is 0 Å². The van der Waals surface area contributed by atoms with E-state index in [-0.39, 0.29) is 22.0 Å². The molecule has 2 aliphatic heterocycles. The van der Waals surface area contributed by atoms with Gasteiger partial charge in [0.1, 0.15) is 17.6 Å². The first-order chi connectivity index (χ1) is 13.9. The number of aromatic nitrogens is 2. The van der Waals surface area contributed by atoms with Gasteiger partial charge in [0.2, 0.25) is 11.9 Å². The molecule has 0 aliphatic carbocycles. The number of benzene rings is 1. The molecule has 2 aliphatic rings. The van der Waals surface area contributed by atoms with Gasteiger partial charge >= 0.3 is 0 Å². The minimum Gasteiger partial charge on any atom is -0.342 e. The normalized spacial score (nSPS) is 22.0. The Morgan fingerprint density at radius 2 is 2.00 bits per heavy atom. The van der Waals surface area contributed by atoms with Crippen molar-refractivity contribution in [2.45, 2.75) is 25.7 Å². The molecule has 2 N–H and O–H groups in total. The Kier molecular flexibility index (Phi) is 5.01. The molecule has 1 amide bonds. The number of aromatic amines is 1. The highest BCUT2D eigenvalue weighted by molar-refractivity contribution is 6.31. The highest BCUT2D eigenvalue weighted by Gasteiger charge is 2.42. The number of piperidine rings is 1. The van der Waals surface area contributed by atoms with Crippen LogP contribution in [0.3, 0.4) is 0 Å². The van der Waals surface area contributed by atoms with Crippen molar-refractivity contribution in [1.82, 2.24) is 9.97 Å². The predicted molar refractivity (Wildman–Crippen MR) is 106 cm³/mol. The monoisotopic (exact) mass is 415 g/mol. The van der Waals surface area contributed by atoms with Crippen LogP contribution in [0.25, 0.3) is 0 Å². The number of nitrogens with zero attached hydrogens (tertiary/aromatic N) is 3.